The summed E-state index contributed by atoms with van der Waals surface area (Å²) in [6, 6.07) is 8.87. The van der Waals surface area contributed by atoms with E-state index in [-0.39, 0.29) is 5.91 Å². The second-order valence-electron chi connectivity index (χ2n) is 5.02. The molecule has 0 aliphatic heterocycles. The molecule has 0 atom stereocenters. The largest absolute Gasteiger partial charge is 0.497 e. The Morgan fingerprint density at radius 2 is 2.00 bits per heavy atom. The third-order valence-corrected chi connectivity index (χ3v) is 3.79. The van der Waals surface area contributed by atoms with Crippen LogP contribution in [0, 0.1) is 0 Å². The van der Waals surface area contributed by atoms with Gasteiger partial charge in [0.25, 0.3) is 0 Å². The summed E-state index contributed by atoms with van der Waals surface area (Å²) in [5.74, 6) is 1.64. The molecule has 2 N–H and O–H groups in total. The molecule has 2 rings (SSSR count). The van der Waals surface area contributed by atoms with E-state index in [0.29, 0.717) is 18.4 Å². The lowest BCUT2D eigenvalue weighted by Crippen LogP contribution is -2.41. The van der Waals surface area contributed by atoms with Crippen LogP contribution in [0.5, 0.6) is 5.75 Å². The minimum atomic E-state index is 0.0959. The van der Waals surface area contributed by atoms with E-state index in [1.165, 1.54) is 5.56 Å². The van der Waals surface area contributed by atoms with Crippen molar-refractivity contribution in [1.29, 1.82) is 0 Å². The van der Waals surface area contributed by atoms with Gasteiger partial charge >= 0.3 is 0 Å². The Balaban J connectivity index is 1.69. The van der Waals surface area contributed by atoms with Gasteiger partial charge in [-0.05, 0) is 36.5 Å². The van der Waals surface area contributed by atoms with Crippen LogP contribution >= 0.6 is 0 Å². The standard InChI is InChI=1S/C15H22N2O2/c1-16-15(18)7-8-17-13-9-12(10-13)11-3-5-14(19-2)6-4-11/h3-6,12-13,17H,7-10H2,1-2H3,(H,16,18). The molecular formula is C15H22N2O2. The number of hydrogen-bond acceptors (Lipinski definition) is 3. The van der Waals surface area contributed by atoms with Crippen molar-refractivity contribution >= 4 is 5.91 Å². The zero-order chi connectivity index (χ0) is 13.7. The van der Waals surface area contributed by atoms with Gasteiger partial charge in [-0.2, -0.15) is 0 Å². The van der Waals surface area contributed by atoms with Gasteiger partial charge in [0.2, 0.25) is 5.91 Å². The number of amides is 1. The summed E-state index contributed by atoms with van der Waals surface area (Å²) in [7, 11) is 3.36. The number of carbonyl (C=O) groups is 1. The zero-order valence-electron chi connectivity index (χ0n) is 11.6. The van der Waals surface area contributed by atoms with Crippen molar-refractivity contribution in [3.63, 3.8) is 0 Å². The summed E-state index contributed by atoms with van der Waals surface area (Å²) < 4.78 is 5.16. The Kier molecular flexibility index (Phi) is 4.80. The van der Waals surface area contributed by atoms with Gasteiger partial charge in [-0.1, -0.05) is 12.1 Å². The van der Waals surface area contributed by atoms with Crippen molar-refractivity contribution in [3.05, 3.63) is 29.8 Å². The van der Waals surface area contributed by atoms with Crippen LogP contribution in [-0.2, 0) is 4.79 Å². The molecule has 0 bridgehead atoms. The lowest BCUT2D eigenvalue weighted by Gasteiger charge is -2.36. The van der Waals surface area contributed by atoms with Crippen molar-refractivity contribution < 1.29 is 9.53 Å². The molecule has 0 heterocycles. The summed E-state index contributed by atoms with van der Waals surface area (Å²) in [4.78, 5) is 11.1. The van der Waals surface area contributed by atoms with Crippen LogP contribution in [0.25, 0.3) is 0 Å². The number of benzene rings is 1. The van der Waals surface area contributed by atoms with Gasteiger partial charge in [0.1, 0.15) is 5.75 Å². The van der Waals surface area contributed by atoms with Crippen LogP contribution in [0.1, 0.15) is 30.7 Å². The molecule has 1 aliphatic carbocycles. The van der Waals surface area contributed by atoms with Gasteiger partial charge in [-0.25, -0.2) is 0 Å². The summed E-state index contributed by atoms with van der Waals surface area (Å²) >= 11 is 0. The van der Waals surface area contributed by atoms with Gasteiger partial charge in [-0.15, -0.1) is 0 Å². The molecule has 1 fully saturated rings. The van der Waals surface area contributed by atoms with E-state index in [9.17, 15) is 4.79 Å². The molecule has 4 heteroatoms. The van der Waals surface area contributed by atoms with Crippen molar-refractivity contribution in [2.75, 3.05) is 20.7 Å². The first kappa shape index (κ1) is 13.9. The smallest absolute Gasteiger partial charge is 0.221 e. The van der Waals surface area contributed by atoms with Crippen LogP contribution < -0.4 is 15.4 Å². The molecule has 0 spiro atoms. The first-order chi connectivity index (χ1) is 9.22. The fourth-order valence-electron chi connectivity index (χ4n) is 2.45. The van der Waals surface area contributed by atoms with Crippen LogP contribution in [0.15, 0.2) is 24.3 Å². The number of rotatable bonds is 6. The van der Waals surface area contributed by atoms with E-state index < -0.39 is 0 Å². The molecule has 1 amide bonds. The summed E-state index contributed by atoms with van der Waals surface area (Å²) in [6.07, 6.45) is 2.86. The number of hydrogen-bond donors (Lipinski definition) is 2. The molecule has 0 aromatic heterocycles. The molecule has 1 aromatic carbocycles. The van der Waals surface area contributed by atoms with Crippen molar-refractivity contribution in [2.45, 2.75) is 31.2 Å². The van der Waals surface area contributed by atoms with Gasteiger partial charge in [0, 0.05) is 26.1 Å². The Labute approximate surface area is 114 Å². The Bertz CT molecular complexity index is 411. The van der Waals surface area contributed by atoms with Crippen LogP contribution in [-0.4, -0.2) is 32.7 Å². The first-order valence-electron chi connectivity index (χ1n) is 6.81. The molecule has 1 aromatic rings. The Hall–Kier alpha value is -1.55. The fraction of sp³-hybridized carbons (Fsp3) is 0.533. The first-order valence-corrected chi connectivity index (χ1v) is 6.81. The van der Waals surface area contributed by atoms with E-state index in [4.69, 9.17) is 4.74 Å². The maximum absolute atomic E-state index is 11.1. The second-order valence-corrected chi connectivity index (χ2v) is 5.02. The van der Waals surface area contributed by atoms with Crippen molar-refractivity contribution in [1.82, 2.24) is 10.6 Å². The van der Waals surface area contributed by atoms with Crippen molar-refractivity contribution in [2.24, 2.45) is 0 Å². The van der Waals surface area contributed by atoms with E-state index >= 15 is 0 Å². The topological polar surface area (TPSA) is 50.4 Å². The number of nitrogens with one attached hydrogen (secondary N) is 2. The van der Waals surface area contributed by atoms with Gasteiger partial charge in [0.15, 0.2) is 0 Å². The molecule has 19 heavy (non-hydrogen) atoms. The number of carbonyl (C=O) groups excluding carboxylic acids is 1. The average Bonchev–Trinajstić information content (AvgIpc) is 2.41. The van der Waals surface area contributed by atoms with Gasteiger partial charge < -0.3 is 15.4 Å². The Morgan fingerprint density at radius 1 is 1.32 bits per heavy atom. The molecule has 0 unspecified atom stereocenters. The Morgan fingerprint density at radius 3 is 2.58 bits per heavy atom. The zero-order valence-corrected chi connectivity index (χ0v) is 11.6. The van der Waals surface area contributed by atoms with E-state index in [2.05, 4.69) is 22.8 Å². The maximum atomic E-state index is 11.1. The average molecular weight is 262 g/mol. The third kappa shape index (κ3) is 3.70. The summed E-state index contributed by atoms with van der Waals surface area (Å²) in [5, 5.41) is 6.05. The molecule has 4 nitrogen and oxygen atoms in total. The van der Waals surface area contributed by atoms with Crippen LogP contribution in [0.2, 0.25) is 0 Å². The highest BCUT2D eigenvalue weighted by Crippen LogP contribution is 2.37. The highest BCUT2D eigenvalue weighted by molar-refractivity contribution is 5.75. The number of ether oxygens (including phenoxy) is 1. The quantitative estimate of drug-likeness (QED) is 0.820. The van der Waals surface area contributed by atoms with E-state index in [1.807, 2.05) is 12.1 Å². The highest BCUT2D eigenvalue weighted by atomic mass is 16.5. The highest BCUT2D eigenvalue weighted by Gasteiger charge is 2.29. The fourth-order valence-corrected chi connectivity index (χ4v) is 2.45. The normalized spacial score (nSPS) is 21.6. The molecule has 1 saturated carbocycles. The monoisotopic (exact) mass is 262 g/mol. The van der Waals surface area contributed by atoms with E-state index in [0.717, 1.165) is 25.1 Å². The van der Waals surface area contributed by atoms with Gasteiger partial charge in [0.05, 0.1) is 7.11 Å². The van der Waals surface area contributed by atoms with Gasteiger partial charge in [-0.3, -0.25) is 4.79 Å². The minimum absolute atomic E-state index is 0.0959. The lowest BCUT2D eigenvalue weighted by atomic mass is 9.76. The van der Waals surface area contributed by atoms with Crippen LogP contribution in [0.4, 0.5) is 0 Å². The molecule has 0 saturated heterocycles. The SMILES string of the molecule is CNC(=O)CCNC1CC(c2ccc(OC)cc2)C1. The summed E-state index contributed by atoms with van der Waals surface area (Å²) in [5.41, 5.74) is 1.38. The molecular weight excluding hydrogens is 240 g/mol. The number of methoxy groups -OCH3 is 1. The molecule has 1 aliphatic rings. The van der Waals surface area contributed by atoms with Crippen LogP contribution in [0.3, 0.4) is 0 Å². The second kappa shape index (κ2) is 6.57. The lowest BCUT2D eigenvalue weighted by molar-refractivity contribution is -0.120. The predicted molar refractivity (Wildman–Crippen MR) is 75.4 cm³/mol. The van der Waals surface area contributed by atoms with E-state index in [1.54, 1.807) is 14.2 Å². The minimum Gasteiger partial charge on any atom is -0.497 e. The third-order valence-electron chi connectivity index (χ3n) is 3.79. The van der Waals surface area contributed by atoms with Crippen molar-refractivity contribution in [3.8, 4) is 5.75 Å². The molecule has 104 valence electrons. The molecule has 0 radical (unpaired) electrons. The maximum Gasteiger partial charge on any atom is 0.221 e. The predicted octanol–water partition coefficient (Wildman–Crippen LogP) is 1.67. The summed E-state index contributed by atoms with van der Waals surface area (Å²) in [6.45, 7) is 0.764.